The standard InChI is InChI=1S/C13H18O2/c1-12(2)10-4-3-9-7-11(14)5-6-13(9,8-10)15-12/h5-6,9-10H,3-4,7-8H2,1-2H3. The summed E-state index contributed by atoms with van der Waals surface area (Å²) in [7, 11) is 0. The van der Waals surface area contributed by atoms with Gasteiger partial charge in [0.05, 0.1) is 11.2 Å². The first-order valence-corrected chi connectivity index (χ1v) is 5.94. The van der Waals surface area contributed by atoms with Crippen molar-refractivity contribution >= 4 is 5.78 Å². The monoisotopic (exact) mass is 206 g/mol. The lowest BCUT2D eigenvalue weighted by Gasteiger charge is -2.39. The predicted octanol–water partition coefficient (Wildman–Crippen LogP) is 2.48. The zero-order valence-corrected chi connectivity index (χ0v) is 9.45. The third-order valence-electron chi connectivity index (χ3n) is 4.56. The summed E-state index contributed by atoms with van der Waals surface area (Å²) in [4.78, 5) is 11.4. The third-order valence-corrected chi connectivity index (χ3v) is 4.56. The number of hydrogen-bond donors (Lipinski definition) is 0. The summed E-state index contributed by atoms with van der Waals surface area (Å²) >= 11 is 0. The highest BCUT2D eigenvalue weighted by Crippen LogP contribution is 2.55. The Labute approximate surface area is 90.7 Å². The lowest BCUT2D eigenvalue weighted by molar-refractivity contribution is -0.124. The molecule has 1 spiro atoms. The molecule has 1 saturated heterocycles. The molecule has 15 heavy (non-hydrogen) atoms. The van der Waals surface area contributed by atoms with Crippen LogP contribution in [0, 0.1) is 11.8 Å². The van der Waals surface area contributed by atoms with Gasteiger partial charge in [0.2, 0.25) is 0 Å². The zero-order valence-electron chi connectivity index (χ0n) is 9.45. The van der Waals surface area contributed by atoms with Crippen molar-refractivity contribution in [1.82, 2.24) is 0 Å². The van der Waals surface area contributed by atoms with Crippen molar-refractivity contribution in [3.05, 3.63) is 12.2 Å². The Hall–Kier alpha value is -0.630. The van der Waals surface area contributed by atoms with Crippen LogP contribution in [0.25, 0.3) is 0 Å². The van der Waals surface area contributed by atoms with Crippen LogP contribution in [0.3, 0.4) is 0 Å². The molecule has 2 fully saturated rings. The van der Waals surface area contributed by atoms with Crippen LogP contribution in [-0.2, 0) is 9.53 Å². The molecule has 1 saturated carbocycles. The molecule has 3 atom stereocenters. The van der Waals surface area contributed by atoms with E-state index in [9.17, 15) is 4.79 Å². The number of carbonyl (C=O) groups is 1. The van der Waals surface area contributed by atoms with Gasteiger partial charge in [-0.15, -0.1) is 0 Å². The highest BCUT2D eigenvalue weighted by molar-refractivity contribution is 5.91. The van der Waals surface area contributed by atoms with E-state index in [0.717, 1.165) is 12.8 Å². The number of fused-ring (bicyclic) bond motifs is 1. The van der Waals surface area contributed by atoms with Crippen LogP contribution in [0.4, 0.5) is 0 Å². The van der Waals surface area contributed by atoms with Crippen LogP contribution in [0.1, 0.15) is 39.5 Å². The topological polar surface area (TPSA) is 26.3 Å². The summed E-state index contributed by atoms with van der Waals surface area (Å²) in [5.74, 6) is 1.39. The highest BCUT2D eigenvalue weighted by atomic mass is 16.5. The van der Waals surface area contributed by atoms with E-state index in [-0.39, 0.29) is 17.0 Å². The lowest BCUT2D eigenvalue weighted by atomic mass is 9.67. The van der Waals surface area contributed by atoms with E-state index in [2.05, 4.69) is 13.8 Å². The van der Waals surface area contributed by atoms with Crippen LogP contribution in [0.15, 0.2) is 12.2 Å². The van der Waals surface area contributed by atoms with Crippen molar-refractivity contribution in [3.63, 3.8) is 0 Å². The van der Waals surface area contributed by atoms with E-state index in [1.807, 2.05) is 6.08 Å². The fourth-order valence-corrected chi connectivity index (χ4v) is 3.65. The van der Waals surface area contributed by atoms with E-state index in [1.54, 1.807) is 6.08 Å². The molecule has 2 aliphatic carbocycles. The molecule has 1 aliphatic heterocycles. The summed E-state index contributed by atoms with van der Waals surface area (Å²) in [6.45, 7) is 4.39. The molecule has 1 heterocycles. The van der Waals surface area contributed by atoms with Gasteiger partial charge in [0.25, 0.3) is 0 Å². The zero-order chi connectivity index (χ0) is 10.7. The molecule has 2 nitrogen and oxygen atoms in total. The normalized spacial score (nSPS) is 46.7. The molecular weight excluding hydrogens is 188 g/mol. The van der Waals surface area contributed by atoms with Crippen LogP contribution in [-0.4, -0.2) is 17.0 Å². The van der Waals surface area contributed by atoms with Gasteiger partial charge in [-0.1, -0.05) is 0 Å². The van der Waals surface area contributed by atoms with E-state index >= 15 is 0 Å². The minimum Gasteiger partial charge on any atom is -0.364 e. The number of rotatable bonds is 0. The molecule has 0 N–H and O–H groups in total. The highest BCUT2D eigenvalue weighted by Gasteiger charge is 2.57. The molecule has 82 valence electrons. The molecule has 0 aromatic heterocycles. The largest absolute Gasteiger partial charge is 0.364 e. The van der Waals surface area contributed by atoms with Gasteiger partial charge in [-0.05, 0) is 57.1 Å². The van der Waals surface area contributed by atoms with Crippen molar-refractivity contribution < 1.29 is 9.53 Å². The SMILES string of the molecule is CC1(C)OC23C=CC(=O)CC2CCC1C3. The van der Waals surface area contributed by atoms with Crippen LogP contribution in [0.5, 0.6) is 0 Å². The van der Waals surface area contributed by atoms with Crippen LogP contribution >= 0.6 is 0 Å². The minimum absolute atomic E-state index is 0.000518. The molecule has 0 radical (unpaired) electrons. The van der Waals surface area contributed by atoms with Gasteiger partial charge in [-0.2, -0.15) is 0 Å². The van der Waals surface area contributed by atoms with Crippen molar-refractivity contribution in [2.45, 2.75) is 50.7 Å². The Morgan fingerprint density at radius 1 is 1.33 bits per heavy atom. The fourth-order valence-electron chi connectivity index (χ4n) is 3.65. The number of ketones is 1. The first kappa shape index (κ1) is 9.59. The Morgan fingerprint density at radius 2 is 2.07 bits per heavy atom. The summed E-state index contributed by atoms with van der Waals surface area (Å²) in [6, 6.07) is 0. The summed E-state index contributed by atoms with van der Waals surface area (Å²) in [5, 5.41) is 0. The molecular formula is C13H18O2. The molecule has 0 aromatic carbocycles. The molecule has 0 amide bonds. The van der Waals surface area contributed by atoms with Gasteiger partial charge in [0.15, 0.2) is 5.78 Å². The summed E-state index contributed by atoms with van der Waals surface area (Å²) in [6.07, 6.45) is 7.98. The molecule has 0 aromatic rings. The predicted molar refractivity (Wildman–Crippen MR) is 57.5 cm³/mol. The molecule has 2 heteroatoms. The Kier molecular flexibility index (Phi) is 1.75. The third kappa shape index (κ3) is 1.24. The summed E-state index contributed by atoms with van der Waals surface area (Å²) in [5.41, 5.74) is -0.0974. The molecule has 3 aliphatic rings. The number of hydrogen-bond acceptors (Lipinski definition) is 2. The first-order valence-electron chi connectivity index (χ1n) is 5.94. The van der Waals surface area contributed by atoms with Crippen LogP contribution < -0.4 is 0 Å². The lowest BCUT2D eigenvalue weighted by Crippen LogP contribution is -2.41. The minimum atomic E-state index is -0.0969. The molecule has 3 rings (SSSR count). The number of allylic oxidation sites excluding steroid dienone is 1. The van der Waals surface area contributed by atoms with Crippen molar-refractivity contribution in [3.8, 4) is 0 Å². The quantitative estimate of drug-likeness (QED) is 0.608. The smallest absolute Gasteiger partial charge is 0.155 e. The second-order valence-corrected chi connectivity index (χ2v) is 5.84. The Bertz CT molecular complexity index is 342. The van der Waals surface area contributed by atoms with Gasteiger partial charge < -0.3 is 4.74 Å². The van der Waals surface area contributed by atoms with Gasteiger partial charge in [0.1, 0.15) is 0 Å². The molecule has 2 bridgehead atoms. The maximum absolute atomic E-state index is 11.4. The van der Waals surface area contributed by atoms with Crippen molar-refractivity contribution in [2.24, 2.45) is 11.8 Å². The fraction of sp³-hybridized carbons (Fsp3) is 0.769. The number of ether oxygens (including phenoxy) is 1. The van der Waals surface area contributed by atoms with Crippen molar-refractivity contribution in [2.75, 3.05) is 0 Å². The van der Waals surface area contributed by atoms with Crippen molar-refractivity contribution in [1.29, 1.82) is 0 Å². The van der Waals surface area contributed by atoms with Gasteiger partial charge in [-0.25, -0.2) is 0 Å². The second-order valence-electron chi connectivity index (χ2n) is 5.84. The van der Waals surface area contributed by atoms with E-state index < -0.39 is 0 Å². The van der Waals surface area contributed by atoms with E-state index in [0.29, 0.717) is 18.3 Å². The second kappa shape index (κ2) is 2.73. The van der Waals surface area contributed by atoms with Crippen LogP contribution in [0.2, 0.25) is 0 Å². The van der Waals surface area contributed by atoms with E-state index in [1.165, 1.54) is 6.42 Å². The van der Waals surface area contributed by atoms with E-state index in [4.69, 9.17) is 4.74 Å². The summed E-state index contributed by atoms with van der Waals surface area (Å²) < 4.78 is 6.27. The average Bonchev–Trinajstić information content (AvgIpc) is 2.36. The Balaban J connectivity index is 2.01. The molecule has 3 unspecified atom stereocenters. The van der Waals surface area contributed by atoms with Gasteiger partial charge in [0, 0.05) is 6.42 Å². The average molecular weight is 206 g/mol. The maximum atomic E-state index is 11.4. The van der Waals surface area contributed by atoms with Gasteiger partial charge in [-0.3, -0.25) is 4.79 Å². The maximum Gasteiger partial charge on any atom is 0.155 e. The number of carbonyl (C=O) groups excluding carboxylic acids is 1. The van der Waals surface area contributed by atoms with Gasteiger partial charge >= 0.3 is 0 Å². The Morgan fingerprint density at radius 3 is 2.87 bits per heavy atom. The first-order chi connectivity index (χ1) is 7.02.